The Hall–Kier alpha value is -4.08. The fourth-order valence-electron chi connectivity index (χ4n) is 3.20. The van der Waals surface area contributed by atoms with E-state index in [-0.39, 0.29) is 23.4 Å². The number of pyridine rings is 1. The minimum Gasteiger partial charge on any atom is -0.493 e. The van der Waals surface area contributed by atoms with Gasteiger partial charge in [-0.3, -0.25) is 18.8 Å². The molecule has 0 aliphatic rings. The number of rotatable bonds is 8. The maximum Gasteiger partial charge on any atom is 0.306 e. The van der Waals surface area contributed by atoms with Gasteiger partial charge < -0.3 is 25.1 Å². The normalized spacial score (nSPS) is 11.7. The molecule has 3 N–H and O–H groups in total. The summed E-state index contributed by atoms with van der Waals surface area (Å²) in [5.74, 6) is -2.20. The molecule has 162 valence electrons. The third-order valence-corrected chi connectivity index (χ3v) is 4.66. The highest BCUT2D eigenvalue weighted by molar-refractivity contribution is 5.75. The van der Waals surface area contributed by atoms with Gasteiger partial charge in [0.2, 0.25) is 5.88 Å². The third kappa shape index (κ3) is 4.58. The van der Waals surface area contributed by atoms with E-state index in [1.807, 2.05) is 0 Å². The minimum atomic E-state index is -0.911. The van der Waals surface area contributed by atoms with Crippen LogP contribution in [0.3, 0.4) is 0 Å². The Kier molecular flexibility index (Phi) is 6.39. The molecule has 1 atom stereocenters. The average molecular weight is 427 g/mol. The van der Waals surface area contributed by atoms with E-state index < -0.39 is 35.8 Å². The smallest absolute Gasteiger partial charge is 0.306 e. The molecular weight excluding hydrogens is 406 g/mol. The summed E-state index contributed by atoms with van der Waals surface area (Å²) < 4.78 is 16.7. The molecule has 3 aromatic rings. The van der Waals surface area contributed by atoms with Crippen molar-refractivity contribution >= 4 is 17.5 Å². The average Bonchev–Trinajstić information content (AvgIpc) is 2.76. The Labute approximate surface area is 176 Å². The molecule has 0 radical (unpaired) electrons. The highest BCUT2D eigenvalue weighted by atomic mass is 16.5. The number of aromatic nitrogens is 2. The van der Waals surface area contributed by atoms with Crippen molar-refractivity contribution in [3.8, 4) is 17.4 Å². The van der Waals surface area contributed by atoms with E-state index in [4.69, 9.17) is 19.9 Å². The number of nitrogens with two attached hydrogens (primary N) is 1. The summed E-state index contributed by atoms with van der Waals surface area (Å²) in [5, 5.41) is 10.6. The van der Waals surface area contributed by atoms with Gasteiger partial charge in [-0.05, 0) is 29.8 Å². The number of nitrogens with zero attached hydrogens (tertiary/aromatic N) is 2. The van der Waals surface area contributed by atoms with Crippen LogP contribution in [0.25, 0.3) is 5.65 Å². The molecule has 0 saturated heterocycles. The van der Waals surface area contributed by atoms with Crippen molar-refractivity contribution in [1.29, 1.82) is 0 Å². The van der Waals surface area contributed by atoms with E-state index in [2.05, 4.69) is 4.98 Å². The summed E-state index contributed by atoms with van der Waals surface area (Å²) in [5.41, 5.74) is 5.22. The summed E-state index contributed by atoms with van der Waals surface area (Å²) in [6.07, 6.45) is 1.26. The Morgan fingerprint density at radius 3 is 2.65 bits per heavy atom. The van der Waals surface area contributed by atoms with Crippen LogP contribution in [-0.4, -0.2) is 47.2 Å². The zero-order chi connectivity index (χ0) is 22.5. The standard InChI is InChI=1S/C21H21N3O7/c1-29-14-7-6-12(9-15(14)31-11-16(22)25)13(10-18(26)30-2)19-20(27)23-17-5-3-4-8-24(17)21(19)28/h3-9,13,27H,10-11H2,1-2H3,(H2,22,25)/t13-/m0/s1. The number of hydrogen-bond donors (Lipinski definition) is 2. The molecule has 1 aromatic carbocycles. The van der Waals surface area contributed by atoms with Gasteiger partial charge in [0.25, 0.3) is 11.5 Å². The van der Waals surface area contributed by atoms with Gasteiger partial charge in [-0.1, -0.05) is 12.1 Å². The number of amides is 1. The van der Waals surface area contributed by atoms with Gasteiger partial charge in [-0.2, -0.15) is 4.98 Å². The second-order valence-electron chi connectivity index (χ2n) is 6.58. The molecule has 0 fully saturated rings. The van der Waals surface area contributed by atoms with Gasteiger partial charge >= 0.3 is 5.97 Å². The van der Waals surface area contributed by atoms with E-state index in [9.17, 15) is 19.5 Å². The molecule has 1 amide bonds. The lowest BCUT2D eigenvalue weighted by atomic mass is 9.89. The molecular formula is C21H21N3O7. The molecule has 2 heterocycles. The fourth-order valence-corrected chi connectivity index (χ4v) is 3.20. The number of methoxy groups -OCH3 is 2. The molecule has 3 rings (SSSR count). The fraction of sp³-hybridized carbons (Fsp3) is 0.238. The second kappa shape index (κ2) is 9.16. The number of carbonyl (C=O) groups excluding carboxylic acids is 2. The number of carbonyl (C=O) groups is 2. The maximum atomic E-state index is 13.2. The molecule has 0 aliphatic heterocycles. The lowest BCUT2D eigenvalue weighted by Crippen LogP contribution is -2.24. The quantitative estimate of drug-likeness (QED) is 0.506. The number of primary amides is 1. The van der Waals surface area contributed by atoms with Crippen LogP contribution < -0.4 is 20.8 Å². The number of aromatic hydroxyl groups is 1. The lowest BCUT2D eigenvalue weighted by molar-refractivity contribution is -0.140. The Bertz CT molecular complexity index is 1190. The maximum absolute atomic E-state index is 13.2. The van der Waals surface area contributed by atoms with E-state index in [0.717, 1.165) is 0 Å². The van der Waals surface area contributed by atoms with Crippen LogP contribution in [-0.2, 0) is 14.3 Å². The molecule has 31 heavy (non-hydrogen) atoms. The van der Waals surface area contributed by atoms with E-state index in [1.165, 1.54) is 30.9 Å². The molecule has 0 aliphatic carbocycles. The number of fused-ring (bicyclic) bond motifs is 1. The van der Waals surface area contributed by atoms with Gasteiger partial charge in [0, 0.05) is 12.1 Å². The molecule has 10 nitrogen and oxygen atoms in total. The van der Waals surface area contributed by atoms with Crippen molar-refractivity contribution in [1.82, 2.24) is 9.38 Å². The summed E-state index contributed by atoms with van der Waals surface area (Å²) in [6.45, 7) is -0.396. The number of hydrogen-bond acceptors (Lipinski definition) is 8. The molecule has 0 bridgehead atoms. The van der Waals surface area contributed by atoms with Crippen LogP contribution in [0.1, 0.15) is 23.5 Å². The van der Waals surface area contributed by atoms with Gasteiger partial charge in [-0.15, -0.1) is 0 Å². The van der Waals surface area contributed by atoms with Crippen LogP contribution in [0, 0.1) is 0 Å². The van der Waals surface area contributed by atoms with Gasteiger partial charge in [0.05, 0.1) is 26.2 Å². The summed E-state index contributed by atoms with van der Waals surface area (Å²) in [7, 11) is 2.64. The van der Waals surface area contributed by atoms with Crippen LogP contribution in [0.4, 0.5) is 0 Å². The van der Waals surface area contributed by atoms with Crippen molar-refractivity contribution in [3.05, 3.63) is 64.1 Å². The van der Waals surface area contributed by atoms with Gasteiger partial charge in [-0.25, -0.2) is 0 Å². The monoisotopic (exact) mass is 427 g/mol. The minimum absolute atomic E-state index is 0.0832. The van der Waals surface area contributed by atoms with Gasteiger partial charge in [0.1, 0.15) is 5.65 Å². The first-order valence-corrected chi connectivity index (χ1v) is 9.21. The van der Waals surface area contributed by atoms with Crippen molar-refractivity contribution in [3.63, 3.8) is 0 Å². The highest BCUT2D eigenvalue weighted by Gasteiger charge is 2.28. The largest absolute Gasteiger partial charge is 0.493 e. The molecule has 0 saturated carbocycles. The predicted molar refractivity (Wildman–Crippen MR) is 109 cm³/mol. The third-order valence-electron chi connectivity index (χ3n) is 4.66. The Balaban J connectivity index is 2.18. The number of esters is 1. The number of benzene rings is 1. The number of ether oxygens (including phenoxy) is 3. The second-order valence-corrected chi connectivity index (χ2v) is 6.58. The zero-order valence-corrected chi connectivity index (χ0v) is 16.9. The zero-order valence-electron chi connectivity index (χ0n) is 16.9. The van der Waals surface area contributed by atoms with Crippen molar-refractivity contribution < 1.29 is 28.9 Å². The lowest BCUT2D eigenvalue weighted by Gasteiger charge is -2.19. The Morgan fingerprint density at radius 1 is 1.19 bits per heavy atom. The van der Waals surface area contributed by atoms with E-state index in [0.29, 0.717) is 11.3 Å². The molecule has 10 heteroatoms. The first-order valence-electron chi connectivity index (χ1n) is 9.21. The van der Waals surface area contributed by atoms with Crippen LogP contribution in [0.15, 0.2) is 47.4 Å². The topological polar surface area (TPSA) is 142 Å². The molecule has 0 spiro atoms. The van der Waals surface area contributed by atoms with Crippen molar-refractivity contribution in [2.45, 2.75) is 12.3 Å². The first kappa shape index (κ1) is 21.6. The predicted octanol–water partition coefficient (Wildman–Crippen LogP) is 0.968. The summed E-state index contributed by atoms with van der Waals surface area (Å²) in [6, 6.07) is 9.58. The van der Waals surface area contributed by atoms with Crippen LogP contribution in [0.5, 0.6) is 17.4 Å². The SMILES string of the molecule is COC(=O)C[C@@H](c1ccc(OC)c(OCC(N)=O)c1)c1c(O)nc2ccccn2c1=O. The van der Waals surface area contributed by atoms with E-state index >= 15 is 0 Å². The van der Waals surface area contributed by atoms with Crippen LogP contribution in [0.2, 0.25) is 0 Å². The first-order chi connectivity index (χ1) is 14.8. The molecule has 2 aromatic heterocycles. The Morgan fingerprint density at radius 2 is 1.97 bits per heavy atom. The van der Waals surface area contributed by atoms with Crippen molar-refractivity contribution in [2.75, 3.05) is 20.8 Å². The molecule has 0 unspecified atom stereocenters. The van der Waals surface area contributed by atoms with E-state index in [1.54, 1.807) is 30.3 Å². The highest BCUT2D eigenvalue weighted by Crippen LogP contribution is 2.36. The summed E-state index contributed by atoms with van der Waals surface area (Å²) >= 11 is 0. The van der Waals surface area contributed by atoms with Crippen molar-refractivity contribution in [2.24, 2.45) is 5.73 Å². The van der Waals surface area contributed by atoms with Crippen LogP contribution >= 0.6 is 0 Å². The summed E-state index contributed by atoms with van der Waals surface area (Å²) in [4.78, 5) is 40.5. The van der Waals surface area contributed by atoms with Gasteiger partial charge in [0.15, 0.2) is 18.1 Å².